The van der Waals surface area contributed by atoms with E-state index in [0.717, 1.165) is 41.7 Å². The van der Waals surface area contributed by atoms with Gasteiger partial charge in [0.2, 0.25) is 0 Å². The van der Waals surface area contributed by atoms with E-state index in [1.165, 1.54) is 23.5 Å². The molecule has 1 aromatic heterocycles. The summed E-state index contributed by atoms with van der Waals surface area (Å²) in [5, 5.41) is 3.74. The van der Waals surface area contributed by atoms with E-state index in [4.69, 9.17) is 4.74 Å². The largest absolute Gasteiger partial charge is 0.377 e. The molecule has 1 saturated heterocycles. The maximum absolute atomic E-state index is 13.0. The Morgan fingerprint density at radius 3 is 2.72 bits per heavy atom. The molecule has 2 heterocycles. The molecular formula is C22H22FN3O2S. The molecule has 1 atom stereocenters. The number of morpholine rings is 1. The maximum atomic E-state index is 13.0. The molecule has 0 spiro atoms. The summed E-state index contributed by atoms with van der Waals surface area (Å²) < 4.78 is 18.5. The highest BCUT2D eigenvalue weighted by molar-refractivity contribution is 7.13. The Morgan fingerprint density at radius 2 is 2.00 bits per heavy atom. The molecule has 0 saturated carbocycles. The summed E-state index contributed by atoms with van der Waals surface area (Å²) in [6.45, 7) is 4.46. The van der Waals surface area contributed by atoms with Crippen LogP contribution in [-0.2, 0) is 11.2 Å². The molecule has 4 rings (SSSR count). The number of nitrogens with zero attached hydrogens (tertiary/aromatic N) is 2. The molecule has 5 nitrogen and oxygen atoms in total. The number of carbonyl (C=O) groups excluding carboxylic acids is 1. The highest BCUT2D eigenvalue weighted by atomic mass is 32.1. The maximum Gasteiger partial charge on any atom is 0.267 e. The lowest BCUT2D eigenvalue weighted by Gasteiger charge is -2.35. The van der Waals surface area contributed by atoms with E-state index < -0.39 is 0 Å². The summed E-state index contributed by atoms with van der Waals surface area (Å²) in [4.78, 5) is 19.7. The number of hydrogen-bond donors (Lipinski definition) is 1. The summed E-state index contributed by atoms with van der Waals surface area (Å²) in [7, 11) is 0. The van der Waals surface area contributed by atoms with Crippen LogP contribution in [0.5, 0.6) is 0 Å². The number of rotatable bonds is 5. The second kappa shape index (κ2) is 8.71. The van der Waals surface area contributed by atoms with Crippen LogP contribution in [0.15, 0.2) is 54.7 Å². The number of halogens is 1. The molecule has 2 aromatic carbocycles. The van der Waals surface area contributed by atoms with Gasteiger partial charge in [-0.05, 0) is 48.9 Å². The lowest BCUT2D eigenvalue weighted by molar-refractivity contribution is 0.0989. The van der Waals surface area contributed by atoms with Crippen LogP contribution in [-0.4, -0.2) is 36.7 Å². The van der Waals surface area contributed by atoms with Crippen molar-refractivity contribution in [3.8, 4) is 0 Å². The third-order valence-electron chi connectivity index (χ3n) is 4.87. The van der Waals surface area contributed by atoms with Gasteiger partial charge in [-0.3, -0.25) is 4.79 Å². The van der Waals surface area contributed by atoms with E-state index in [0.29, 0.717) is 17.3 Å². The third kappa shape index (κ3) is 4.81. The zero-order chi connectivity index (χ0) is 20.2. The minimum Gasteiger partial charge on any atom is -0.377 e. The fourth-order valence-corrected chi connectivity index (χ4v) is 4.16. The first-order valence-corrected chi connectivity index (χ1v) is 10.3. The second-order valence-electron chi connectivity index (χ2n) is 7.04. The van der Waals surface area contributed by atoms with Crippen LogP contribution in [0.25, 0.3) is 0 Å². The molecular weight excluding hydrogens is 389 g/mol. The van der Waals surface area contributed by atoms with Crippen molar-refractivity contribution in [1.82, 2.24) is 4.98 Å². The van der Waals surface area contributed by atoms with Gasteiger partial charge < -0.3 is 15.0 Å². The van der Waals surface area contributed by atoms with Gasteiger partial charge >= 0.3 is 0 Å². The lowest BCUT2D eigenvalue weighted by atomic mass is 10.2. The van der Waals surface area contributed by atoms with Crippen LogP contribution in [0, 0.1) is 5.82 Å². The highest BCUT2D eigenvalue weighted by Gasteiger charge is 2.19. The van der Waals surface area contributed by atoms with Crippen molar-refractivity contribution >= 4 is 28.6 Å². The fraction of sp³-hybridized carbons (Fsp3) is 0.273. The topological polar surface area (TPSA) is 54.5 Å². The number of aromatic nitrogens is 1. The van der Waals surface area contributed by atoms with Gasteiger partial charge in [0.05, 0.1) is 24.4 Å². The van der Waals surface area contributed by atoms with Crippen molar-refractivity contribution in [2.75, 3.05) is 30.0 Å². The van der Waals surface area contributed by atoms with Gasteiger partial charge in [-0.2, -0.15) is 0 Å². The minimum atomic E-state index is -0.262. The first-order valence-electron chi connectivity index (χ1n) is 9.53. The molecule has 1 N–H and O–H groups in total. The Balaban J connectivity index is 1.38. The van der Waals surface area contributed by atoms with Crippen LogP contribution in [0.4, 0.5) is 15.8 Å². The van der Waals surface area contributed by atoms with Gasteiger partial charge in [-0.1, -0.05) is 12.1 Å². The number of hydrogen-bond acceptors (Lipinski definition) is 5. The van der Waals surface area contributed by atoms with Gasteiger partial charge in [-0.25, -0.2) is 9.37 Å². The predicted octanol–water partition coefficient (Wildman–Crippen LogP) is 4.35. The van der Waals surface area contributed by atoms with Gasteiger partial charge in [0, 0.05) is 30.4 Å². The summed E-state index contributed by atoms with van der Waals surface area (Å²) in [5.41, 5.74) is 2.83. The van der Waals surface area contributed by atoms with E-state index in [1.54, 1.807) is 18.3 Å². The minimum absolute atomic E-state index is 0.180. The number of ether oxygens (including phenoxy) is 1. The quantitative estimate of drug-likeness (QED) is 0.678. The van der Waals surface area contributed by atoms with Crippen LogP contribution >= 0.6 is 11.3 Å². The van der Waals surface area contributed by atoms with Crippen LogP contribution in [0.2, 0.25) is 0 Å². The Kier molecular flexibility index (Phi) is 5.87. The van der Waals surface area contributed by atoms with E-state index in [2.05, 4.69) is 22.1 Å². The molecule has 1 aliphatic rings. The molecule has 1 unspecified atom stereocenters. The molecule has 0 bridgehead atoms. The summed E-state index contributed by atoms with van der Waals surface area (Å²) in [6.07, 6.45) is 2.16. The summed E-state index contributed by atoms with van der Waals surface area (Å²) >= 11 is 1.35. The Labute approximate surface area is 173 Å². The normalized spacial score (nSPS) is 16.6. The van der Waals surface area contributed by atoms with E-state index in [9.17, 15) is 9.18 Å². The summed E-state index contributed by atoms with van der Waals surface area (Å²) in [5.74, 6) is -0.442. The molecule has 29 heavy (non-hydrogen) atoms. The molecule has 3 aromatic rings. The van der Waals surface area contributed by atoms with Crippen molar-refractivity contribution < 1.29 is 13.9 Å². The smallest absolute Gasteiger partial charge is 0.267 e. The zero-order valence-electron chi connectivity index (χ0n) is 16.1. The van der Waals surface area contributed by atoms with Gasteiger partial charge in [-0.15, -0.1) is 11.3 Å². The van der Waals surface area contributed by atoms with Crippen molar-refractivity contribution in [2.45, 2.75) is 19.4 Å². The fourth-order valence-electron chi connectivity index (χ4n) is 3.31. The first kappa shape index (κ1) is 19.5. The van der Waals surface area contributed by atoms with Crippen LogP contribution < -0.4 is 10.2 Å². The number of anilines is 2. The lowest BCUT2D eigenvalue weighted by Crippen LogP contribution is -2.43. The molecule has 0 radical (unpaired) electrons. The number of thiazole rings is 1. The first-order chi connectivity index (χ1) is 14.1. The highest BCUT2D eigenvalue weighted by Crippen LogP contribution is 2.23. The Morgan fingerprint density at radius 1 is 1.24 bits per heavy atom. The third-order valence-corrected chi connectivity index (χ3v) is 5.87. The van der Waals surface area contributed by atoms with E-state index in [-0.39, 0.29) is 11.7 Å². The second-order valence-corrected chi connectivity index (χ2v) is 8.16. The average Bonchev–Trinajstić information content (AvgIpc) is 3.20. The van der Waals surface area contributed by atoms with Crippen molar-refractivity contribution in [1.29, 1.82) is 0 Å². The zero-order valence-corrected chi connectivity index (χ0v) is 16.9. The predicted molar refractivity (Wildman–Crippen MR) is 113 cm³/mol. The molecule has 7 heteroatoms. The van der Waals surface area contributed by atoms with Crippen molar-refractivity contribution in [3.05, 3.63) is 76.0 Å². The average molecular weight is 412 g/mol. The number of carbonyl (C=O) groups is 1. The van der Waals surface area contributed by atoms with Gasteiger partial charge in [0.15, 0.2) is 0 Å². The Hall–Kier alpha value is -2.77. The molecule has 150 valence electrons. The number of benzene rings is 2. The summed E-state index contributed by atoms with van der Waals surface area (Å²) in [6, 6.07) is 14.5. The monoisotopic (exact) mass is 411 g/mol. The van der Waals surface area contributed by atoms with E-state index in [1.807, 2.05) is 24.3 Å². The van der Waals surface area contributed by atoms with Crippen molar-refractivity contribution in [2.24, 2.45) is 0 Å². The SMILES string of the molecule is CC1COCCN1c1ccc(NC(=O)c2cnc(Cc3ccc(F)cc3)s2)cc1. The van der Waals surface area contributed by atoms with Gasteiger partial charge in [0.1, 0.15) is 10.7 Å². The standard InChI is InChI=1S/C22H22FN3O2S/c1-15-14-28-11-10-26(15)19-8-6-18(7-9-19)25-22(27)20-13-24-21(29-20)12-16-2-4-17(23)5-3-16/h2-9,13,15H,10-12,14H2,1H3,(H,25,27). The Bertz CT molecular complexity index is 972. The molecule has 1 aliphatic heterocycles. The number of nitrogens with one attached hydrogen (secondary N) is 1. The van der Waals surface area contributed by atoms with Crippen molar-refractivity contribution in [3.63, 3.8) is 0 Å². The molecule has 0 aliphatic carbocycles. The van der Waals surface area contributed by atoms with E-state index >= 15 is 0 Å². The van der Waals surface area contributed by atoms with Crippen LogP contribution in [0.3, 0.4) is 0 Å². The van der Waals surface area contributed by atoms with Crippen LogP contribution in [0.1, 0.15) is 27.2 Å². The molecule has 1 amide bonds. The number of amides is 1. The molecule has 1 fully saturated rings. The van der Waals surface area contributed by atoms with Gasteiger partial charge in [0.25, 0.3) is 5.91 Å².